The molecule has 0 unspecified atom stereocenters. The van der Waals surface area contributed by atoms with E-state index in [-0.39, 0.29) is 19.0 Å². The fraction of sp³-hybridized carbons (Fsp3) is 0.346. The van der Waals surface area contributed by atoms with E-state index in [1.54, 1.807) is 24.3 Å². The van der Waals surface area contributed by atoms with E-state index in [2.05, 4.69) is 27.4 Å². The van der Waals surface area contributed by atoms with Crippen LogP contribution in [0.2, 0.25) is 0 Å². The third kappa shape index (κ3) is 7.81. The summed E-state index contributed by atoms with van der Waals surface area (Å²) in [5.41, 5.74) is 1.99. The lowest BCUT2D eigenvalue weighted by atomic mass is 10.1. The number of aliphatic hydroxyl groups is 1. The van der Waals surface area contributed by atoms with Crippen LogP contribution in [-0.4, -0.2) is 91.5 Å². The molecule has 8 heteroatoms. The van der Waals surface area contributed by atoms with E-state index in [4.69, 9.17) is 0 Å². The van der Waals surface area contributed by atoms with Gasteiger partial charge in [0.25, 0.3) is 5.91 Å². The summed E-state index contributed by atoms with van der Waals surface area (Å²) in [7, 11) is 2.04. The molecule has 0 spiro atoms. The number of hydrogen-bond donors (Lipinski definition) is 3. The van der Waals surface area contributed by atoms with Crippen molar-refractivity contribution in [3.63, 3.8) is 0 Å². The van der Waals surface area contributed by atoms with Gasteiger partial charge in [0.15, 0.2) is 5.78 Å². The van der Waals surface area contributed by atoms with Gasteiger partial charge in [0, 0.05) is 49.4 Å². The molecule has 0 aliphatic carbocycles. The summed E-state index contributed by atoms with van der Waals surface area (Å²) < 4.78 is 0. The molecule has 3 N–H and O–H groups in total. The average molecular weight is 463 g/mol. The van der Waals surface area contributed by atoms with Gasteiger partial charge in [0.1, 0.15) is 12.6 Å². The molecule has 0 aromatic heterocycles. The molecule has 1 fully saturated rings. The fourth-order valence-electron chi connectivity index (χ4n) is 3.45. The van der Waals surface area contributed by atoms with Gasteiger partial charge in [-0.15, -0.1) is 0 Å². The maximum atomic E-state index is 12.7. The predicted molar refractivity (Wildman–Crippen MR) is 129 cm³/mol. The highest BCUT2D eigenvalue weighted by atomic mass is 16.3. The van der Waals surface area contributed by atoms with Gasteiger partial charge in [-0.25, -0.2) is 0 Å². The molecule has 178 valence electrons. The molecular weight excluding hydrogens is 432 g/mol. The Bertz CT molecular complexity index is 1040. The second-order valence-electron chi connectivity index (χ2n) is 8.23. The first-order valence-electron chi connectivity index (χ1n) is 11.2. The summed E-state index contributed by atoms with van der Waals surface area (Å²) >= 11 is 0. The van der Waals surface area contributed by atoms with E-state index in [1.807, 2.05) is 42.3 Å². The summed E-state index contributed by atoms with van der Waals surface area (Å²) in [6.07, 6.45) is 0. The van der Waals surface area contributed by atoms with Crippen LogP contribution in [0.5, 0.6) is 0 Å². The van der Waals surface area contributed by atoms with Gasteiger partial charge in [-0.1, -0.05) is 30.0 Å². The Morgan fingerprint density at radius 1 is 0.941 bits per heavy atom. The van der Waals surface area contributed by atoms with Crippen LogP contribution < -0.4 is 10.6 Å². The normalized spacial score (nSPS) is 15.0. The zero-order valence-corrected chi connectivity index (χ0v) is 19.3. The van der Waals surface area contributed by atoms with Crippen LogP contribution >= 0.6 is 0 Å². The minimum atomic E-state index is -1.02. The highest BCUT2D eigenvalue weighted by Crippen LogP contribution is 2.05. The molecule has 2 amide bonds. The highest BCUT2D eigenvalue weighted by molar-refractivity contribution is 5.98. The van der Waals surface area contributed by atoms with Gasteiger partial charge in [-0.3, -0.25) is 19.3 Å². The molecule has 1 aliphatic heterocycles. The zero-order chi connectivity index (χ0) is 24.3. The van der Waals surface area contributed by atoms with Gasteiger partial charge in [0.2, 0.25) is 5.91 Å². The second-order valence-corrected chi connectivity index (χ2v) is 8.23. The largest absolute Gasteiger partial charge is 0.388 e. The summed E-state index contributed by atoms with van der Waals surface area (Å²) in [6, 6.07) is 15.3. The number of hydrogen-bond acceptors (Lipinski definition) is 6. The number of piperazine rings is 1. The van der Waals surface area contributed by atoms with Crippen LogP contribution in [0.1, 0.15) is 21.5 Å². The quantitative estimate of drug-likeness (QED) is 0.482. The number of nitrogens with one attached hydrogen (secondary N) is 2. The summed E-state index contributed by atoms with van der Waals surface area (Å²) in [4.78, 5) is 41.3. The predicted octanol–water partition coefficient (Wildman–Crippen LogP) is 0.110. The monoisotopic (exact) mass is 462 g/mol. The maximum absolute atomic E-state index is 12.7. The lowest BCUT2D eigenvalue weighted by Gasteiger charge is -2.31. The Kier molecular flexibility index (Phi) is 9.35. The molecule has 0 bridgehead atoms. The van der Waals surface area contributed by atoms with Crippen molar-refractivity contribution in [1.82, 2.24) is 20.4 Å². The summed E-state index contributed by atoms with van der Waals surface area (Å²) in [5, 5.41) is 14.6. The molecule has 8 nitrogen and oxygen atoms in total. The minimum absolute atomic E-state index is 0.0850. The topological polar surface area (TPSA) is 102 Å². The van der Waals surface area contributed by atoms with Gasteiger partial charge < -0.3 is 20.6 Å². The van der Waals surface area contributed by atoms with Gasteiger partial charge in [-0.05, 0) is 43.4 Å². The van der Waals surface area contributed by atoms with Crippen LogP contribution in [-0.2, 0) is 9.59 Å². The number of rotatable bonds is 8. The average Bonchev–Trinajstić information content (AvgIpc) is 2.87. The van der Waals surface area contributed by atoms with Crippen molar-refractivity contribution in [2.45, 2.75) is 6.04 Å². The Labute approximate surface area is 199 Å². The van der Waals surface area contributed by atoms with Crippen molar-refractivity contribution < 1.29 is 19.5 Å². The smallest absolute Gasteiger partial charge is 0.251 e. The van der Waals surface area contributed by atoms with Crippen LogP contribution in [0.3, 0.4) is 0 Å². The van der Waals surface area contributed by atoms with Gasteiger partial charge in [-0.2, -0.15) is 0 Å². The van der Waals surface area contributed by atoms with Crippen molar-refractivity contribution in [2.75, 3.05) is 52.9 Å². The zero-order valence-electron chi connectivity index (χ0n) is 19.3. The van der Waals surface area contributed by atoms with Gasteiger partial charge in [0.05, 0.1) is 6.54 Å². The Hall–Kier alpha value is -3.51. The van der Waals surface area contributed by atoms with Crippen molar-refractivity contribution in [2.24, 2.45) is 0 Å². The Balaban J connectivity index is 1.53. The van der Waals surface area contributed by atoms with Crippen LogP contribution in [0.4, 0.5) is 0 Å². The number of carbonyl (C=O) groups excluding carboxylic acids is 3. The molecule has 1 heterocycles. The molecular formula is C26H30N4O4. The van der Waals surface area contributed by atoms with Crippen molar-refractivity contribution in [3.05, 3.63) is 71.3 Å². The van der Waals surface area contributed by atoms with E-state index >= 15 is 0 Å². The molecule has 2 aromatic carbocycles. The lowest BCUT2D eigenvalue weighted by molar-refractivity contribution is -0.124. The number of Topliss-reactive ketones (excluding diaryl/α,β-unsaturated/α-hetero) is 1. The minimum Gasteiger partial charge on any atom is -0.388 e. The van der Waals surface area contributed by atoms with Crippen molar-refractivity contribution in [1.29, 1.82) is 0 Å². The molecule has 0 radical (unpaired) electrons. The van der Waals surface area contributed by atoms with E-state index in [1.165, 1.54) is 0 Å². The SMILES string of the molecule is CN1CCN(CC(=O)NC[C@H](NC(=O)c2ccc(C#Cc3ccccc3)cc2)C(=O)CO)CC1. The number of benzene rings is 2. The number of carbonyl (C=O) groups is 3. The van der Waals surface area contributed by atoms with Crippen LogP contribution in [0, 0.1) is 11.8 Å². The number of nitrogens with zero attached hydrogens (tertiary/aromatic N) is 2. The maximum Gasteiger partial charge on any atom is 0.251 e. The lowest BCUT2D eigenvalue weighted by Crippen LogP contribution is -2.52. The number of likely N-dealkylation sites (N-methyl/N-ethyl adjacent to an activating group) is 1. The van der Waals surface area contributed by atoms with E-state index in [0.717, 1.165) is 37.3 Å². The first-order chi connectivity index (χ1) is 16.4. The molecule has 1 aliphatic rings. The van der Waals surface area contributed by atoms with Crippen LogP contribution in [0.25, 0.3) is 0 Å². The van der Waals surface area contributed by atoms with E-state index in [9.17, 15) is 19.5 Å². The number of aliphatic hydroxyl groups excluding tert-OH is 1. The molecule has 34 heavy (non-hydrogen) atoms. The number of amides is 2. The third-order valence-corrected chi connectivity index (χ3v) is 5.59. The summed E-state index contributed by atoms with van der Waals surface area (Å²) in [5.74, 6) is 4.83. The molecule has 1 atom stereocenters. The highest BCUT2D eigenvalue weighted by Gasteiger charge is 2.22. The standard InChI is InChI=1S/C26H30N4O4/c1-29-13-15-30(16-14-29)18-25(33)27-17-23(24(32)19-31)28-26(34)22-11-9-21(10-12-22)8-7-20-5-3-2-4-6-20/h2-6,9-12,23,31H,13-19H2,1H3,(H,27,33)(H,28,34)/t23-/m0/s1. The molecule has 2 aromatic rings. The Morgan fingerprint density at radius 3 is 2.18 bits per heavy atom. The van der Waals surface area contributed by atoms with E-state index in [0.29, 0.717) is 5.56 Å². The molecule has 3 rings (SSSR count). The fourth-order valence-corrected chi connectivity index (χ4v) is 3.45. The Morgan fingerprint density at radius 2 is 1.56 bits per heavy atom. The van der Waals surface area contributed by atoms with Crippen molar-refractivity contribution in [3.8, 4) is 11.8 Å². The van der Waals surface area contributed by atoms with E-state index < -0.39 is 24.3 Å². The van der Waals surface area contributed by atoms with Gasteiger partial charge >= 0.3 is 0 Å². The first kappa shape index (κ1) is 25.1. The van der Waals surface area contributed by atoms with Crippen molar-refractivity contribution >= 4 is 17.6 Å². The second kappa shape index (κ2) is 12.7. The first-order valence-corrected chi connectivity index (χ1v) is 11.2. The van der Waals surface area contributed by atoms with Crippen LogP contribution in [0.15, 0.2) is 54.6 Å². The number of ketones is 1. The summed E-state index contributed by atoms with van der Waals surface area (Å²) in [6.45, 7) is 2.80. The third-order valence-electron chi connectivity index (χ3n) is 5.59. The molecule has 0 saturated carbocycles. The molecule has 1 saturated heterocycles.